The van der Waals surface area contributed by atoms with Crippen LogP contribution in [-0.2, 0) is 102 Å². The number of amides is 13. The first-order chi connectivity index (χ1) is 54.7. The van der Waals surface area contributed by atoms with Crippen LogP contribution >= 0.6 is 0 Å². The standard InChI is InChI=1S/C72H103N17O27/c1-5-6-7-8-9-10-11-22-53(93)81-44(25-38-32-77-42-20-15-13-17-39(38)42)65(107)83-45(27-52(76)92)66(108)85-47(29-58(100)101)67(109)89-61(69(111)78-33-55(95)80-43(21-16-23-73)63(105)84-46(28-57(98)99)64(106)79-36(3)62(104)86-48(71(113)114)30-59(102)103)37(4)116-72(115)49(26-51(91)40-18-12-14-19-41(40)75)87-70(112)60(35(2)24-56(96)97)88-68(110)50(34-90)82-54(94)31-74/h12-15,17-20,32,35-37,43-50,60-61,77,90H,5-11,16,21-31,33-34,73-75H2,1-4H3,(H2,76,92)(H,78,111)(H,79,106)(H,80,95)(H,81,93)(H,82,94)(H,83,107)(H,84,105)(H,85,108)(H,86,104)(H,87,112)(H,88,110)(H,89,109)(H,96,97)(H,98,99)(H,100,101)(H,102,103)(H,113,114)/t35-,36+,37+,43+,44-,45+,46+,47-,48?,49+,50?,60+,61+/m1/s1. The second kappa shape index (κ2) is 49.7. The van der Waals surface area contributed by atoms with Gasteiger partial charge in [-0.1, -0.05) is 82.7 Å². The summed E-state index contributed by atoms with van der Waals surface area (Å²) in [4.78, 5) is 270. The zero-order chi connectivity index (χ0) is 87.1. The number of nitrogens with two attached hydrogens (primary N) is 4. The van der Waals surface area contributed by atoms with E-state index in [1.807, 2.05) is 5.32 Å². The van der Waals surface area contributed by atoms with Crippen LogP contribution in [0.4, 0.5) is 5.69 Å². The molecule has 27 N–H and O–H groups in total. The van der Waals surface area contributed by atoms with Crippen LogP contribution < -0.4 is 86.7 Å². The number of aromatic amines is 1. The molecule has 1 aromatic heterocycles. The van der Waals surface area contributed by atoms with Gasteiger partial charge in [0.2, 0.25) is 76.8 Å². The van der Waals surface area contributed by atoms with Crippen molar-refractivity contribution >= 4 is 135 Å². The van der Waals surface area contributed by atoms with Crippen LogP contribution in [0.15, 0.2) is 54.7 Å². The van der Waals surface area contributed by atoms with Crippen LogP contribution in [0, 0.1) is 5.92 Å². The maximum absolute atomic E-state index is 14.8. The summed E-state index contributed by atoms with van der Waals surface area (Å²) in [7, 11) is 0. The number of ether oxygens (including phenoxy) is 1. The monoisotopic (exact) mass is 1640 g/mol. The third-order valence-corrected chi connectivity index (χ3v) is 17.6. The van der Waals surface area contributed by atoms with E-state index >= 15 is 0 Å². The number of aliphatic hydroxyl groups is 1. The number of aliphatic hydroxyl groups excluding tert-OH is 1. The first kappa shape index (κ1) is 97.5. The van der Waals surface area contributed by atoms with Crippen LogP contribution in [0.2, 0.25) is 0 Å². The normalized spacial score (nSPS) is 14.3. The number of carboxylic acids is 5. The Morgan fingerprint density at radius 3 is 1.53 bits per heavy atom. The molecule has 0 aliphatic heterocycles. The number of hydrogen-bond donors (Lipinski definition) is 23. The number of nitrogen functional groups attached to an aromatic ring is 1. The summed E-state index contributed by atoms with van der Waals surface area (Å²) < 4.78 is 5.67. The summed E-state index contributed by atoms with van der Waals surface area (Å²) in [5.74, 6) is -29.3. The molecule has 0 bridgehead atoms. The zero-order valence-corrected chi connectivity index (χ0v) is 64.1. The number of carbonyl (C=O) groups excluding carboxylic acids is 15. The SMILES string of the molecule is CCCCCCCCCC(=O)N[C@H](Cc1c[nH]c2ccccc12)C(=O)N[C@@H](CC(N)=O)C(=O)N[C@H](CC(=O)O)C(=O)N[C@H](C(=O)NCC(=O)N[C@@H](CCCN)C(=O)N[C@@H](CC(=O)O)C(=O)N[C@@H](C)C(=O)NC(CC(=O)O)C(=O)O)[C@H](C)OC(=O)[C@H](CC(=O)c1ccccc1N)NC(=O)[C@@H](NC(=O)C(CO)NC(=O)CN)[C@H](C)CC(=O)O. The number of para-hydroxylation sites is 2. The lowest BCUT2D eigenvalue weighted by Gasteiger charge is -2.30. The van der Waals surface area contributed by atoms with Crippen molar-refractivity contribution in [1.82, 2.24) is 68.8 Å². The van der Waals surface area contributed by atoms with Crippen molar-refractivity contribution in [2.45, 2.75) is 209 Å². The highest BCUT2D eigenvalue weighted by molar-refractivity contribution is 6.05. The zero-order valence-electron chi connectivity index (χ0n) is 64.1. The third-order valence-electron chi connectivity index (χ3n) is 17.6. The Bertz CT molecular complexity index is 4020. The van der Waals surface area contributed by atoms with E-state index in [4.69, 9.17) is 32.8 Å². The smallest absolute Gasteiger partial charge is 0.329 e. The molecule has 638 valence electrons. The summed E-state index contributed by atoms with van der Waals surface area (Å²) in [6.07, 6.45) is -2.25. The fourth-order valence-electron chi connectivity index (χ4n) is 11.4. The first-order valence-corrected chi connectivity index (χ1v) is 36.9. The van der Waals surface area contributed by atoms with Gasteiger partial charge in [-0.15, -0.1) is 0 Å². The molecule has 13 atom stereocenters. The van der Waals surface area contributed by atoms with Gasteiger partial charge in [-0.3, -0.25) is 86.3 Å². The summed E-state index contributed by atoms with van der Waals surface area (Å²) in [6, 6.07) is -10.0. The van der Waals surface area contributed by atoms with E-state index in [1.165, 1.54) is 24.3 Å². The molecule has 1 heterocycles. The van der Waals surface area contributed by atoms with Gasteiger partial charge in [0.25, 0.3) is 0 Å². The maximum atomic E-state index is 14.8. The summed E-state index contributed by atoms with van der Waals surface area (Å²) >= 11 is 0. The number of aliphatic carboxylic acids is 5. The quantitative estimate of drug-likeness (QED) is 0.0108. The van der Waals surface area contributed by atoms with Crippen LogP contribution in [0.3, 0.4) is 0 Å². The van der Waals surface area contributed by atoms with Crippen LogP contribution in [-0.4, -0.2) is 253 Å². The minimum atomic E-state index is -2.47. The van der Waals surface area contributed by atoms with Crippen molar-refractivity contribution in [3.8, 4) is 0 Å². The molecule has 13 amide bonds. The van der Waals surface area contributed by atoms with Gasteiger partial charge < -0.3 is 127 Å². The molecule has 0 saturated carbocycles. The molecule has 0 aliphatic carbocycles. The molecule has 0 radical (unpaired) electrons. The van der Waals surface area contributed by atoms with Crippen molar-refractivity contribution in [1.29, 1.82) is 0 Å². The minimum absolute atomic E-state index is 0.0252. The van der Waals surface area contributed by atoms with E-state index in [-0.39, 0.29) is 37.1 Å². The summed E-state index contributed by atoms with van der Waals surface area (Å²) in [5, 5.41) is 84.7. The lowest BCUT2D eigenvalue weighted by molar-refractivity contribution is -0.156. The van der Waals surface area contributed by atoms with Gasteiger partial charge in [0, 0.05) is 47.6 Å². The number of esters is 1. The van der Waals surface area contributed by atoms with Crippen LogP contribution in [0.5, 0.6) is 0 Å². The average Bonchev–Trinajstić information content (AvgIpc) is 1.63. The largest absolute Gasteiger partial charge is 0.481 e. The van der Waals surface area contributed by atoms with Gasteiger partial charge in [0.05, 0.1) is 51.8 Å². The fourth-order valence-corrected chi connectivity index (χ4v) is 11.4. The third kappa shape index (κ3) is 34.3. The Hall–Kier alpha value is -12.7. The molecule has 0 saturated heterocycles. The number of unbranched alkanes of at least 4 members (excludes halogenated alkanes) is 6. The van der Waals surface area contributed by atoms with Gasteiger partial charge in [-0.2, -0.15) is 0 Å². The molecular weight excluding hydrogens is 1530 g/mol. The summed E-state index contributed by atoms with van der Waals surface area (Å²) in [6.45, 7) is 1.79. The Morgan fingerprint density at radius 2 is 0.957 bits per heavy atom. The van der Waals surface area contributed by atoms with Gasteiger partial charge in [-0.05, 0) is 69.3 Å². The average molecular weight is 1640 g/mol. The fraction of sp³-hybridized carbons (Fsp3) is 0.528. The maximum Gasteiger partial charge on any atom is 0.329 e. The molecule has 44 nitrogen and oxygen atoms in total. The molecule has 2 unspecified atom stereocenters. The molecule has 3 aromatic rings. The molecule has 44 heteroatoms. The number of H-pyrrole nitrogens is 1. The number of Topliss-reactive ketones (excluding diaryl/α,β-unsaturated/α-hetero) is 1. The van der Waals surface area contributed by atoms with E-state index in [1.54, 1.807) is 30.5 Å². The predicted molar refractivity (Wildman–Crippen MR) is 404 cm³/mol. The topological polar surface area (TPSA) is 736 Å². The molecular formula is C72H103N17O27. The van der Waals surface area contributed by atoms with E-state index in [0.29, 0.717) is 29.3 Å². The number of fused-ring (bicyclic) bond motifs is 1. The van der Waals surface area contributed by atoms with Gasteiger partial charge in [0.1, 0.15) is 72.6 Å². The van der Waals surface area contributed by atoms with Crippen molar-refractivity contribution in [3.63, 3.8) is 0 Å². The molecule has 0 fully saturated rings. The number of benzene rings is 2. The van der Waals surface area contributed by atoms with Crippen molar-refractivity contribution in [2.75, 3.05) is 32.0 Å². The van der Waals surface area contributed by atoms with Crippen molar-refractivity contribution < 1.29 is 131 Å². The van der Waals surface area contributed by atoms with E-state index in [2.05, 4.69) is 70.4 Å². The number of primary amides is 1. The van der Waals surface area contributed by atoms with Crippen molar-refractivity contribution in [3.05, 3.63) is 65.9 Å². The number of aromatic nitrogens is 1. The number of anilines is 1. The highest BCUT2D eigenvalue weighted by Crippen LogP contribution is 2.21. The van der Waals surface area contributed by atoms with Crippen LogP contribution in [0.25, 0.3) is 10.9 Å². The predicted octanol–water partition coefficient (Wildman–Crippen LogP) is -5.71. The molecule has 3 rings (SSSR count). The number of hydrogen-bond acceptors (Lipinski definition) is 25. The second-order valence-electron chi connectivity index (χ2n) is 27.1. The number of ketones is 1. The Morgan fingerprint density at radius 1 is 0.466 bits per heavy atom. The second-order valence-corrected chi connectivity index (χ2v) is 27.1. The van der Waals surface area contributed by atoms with E-state index in [9.17, 15) is 121 Å². The Kier molecular flexibility index (Phi) is 41.7. The first-order valence-electron chi connectivity index (χ1n) is 36.9. The molecule has 2 aromatic carbocycles. The van der Waals surface area contributed by atoms with Gasteiger partial charge in [0.15, 0.2) is 5.78 Å². The number of nitrogens with one attached hydrogen (secondary N) is 13. The van der Waals surface area contributed by atoms with Crippen LogP contribution in [0.1, 0.15) is 146 Å². The van der Waals surface area contributed by atoms with E-state index < -0.39 is 262 Å². The van der Waals surface area contributed by atoms with Gasteiger partial charge in [-0.25, -0.2) is 9.59 Å². The van der Waals surface area contributed by atoms with Gasteiger partial charge >= 0.3 is 35.8 Å². The number of carbonyl (C=O) groups is 20. The molecule has 0 spiro atoms. The Balaban J connectivity index is 2.19. The molecule has 116 heavy (non-hydrogen) atoms. The summed E-state index contributed by atoms with van der Waals surface area (Å²) in [5.41, 5.74) is 23.4. The molecule has 0 aliphatic rings. The minimum Gasteiger partial charge on any atom is -0.481 e. The Labute approximate surface area is 663 Å². The van der Waals surface area contributed by atoms with E-state index in [0.717, 1.165) is 52.9 Å². The lowest BCUT2D eigenvalue weighted by atomic mass is 9.96. The number of rotatable bonds is 55. The highest BCUT2D eigenvalue weighted by Gasteiger charge is 2.41. The highest BCUT2D eigenvalue weighted by atomic mass is 16.5. The van der Waals surface area contributed by atoms with Crippen molar-refractivity contribution in [2.24, 2.45) is 23.1 Å². The lowest BCUT2D eigenvalue weighted by Crippen LogP contribution is -2.62. The number of carboxylic acid groups (broad SMARTS) is 5.